The van der Waals surface area contributed by atoms with E-state index >= 15 is 0 Å². The molecular weight excluding hydrogens is 607 g/mol. The number of amides is 1. The fourth-order valence-electron chi connectivity index (χ4n) is 4.07. The van der Waals surface area contributed by atoms with Gasteiger partial charge in [0.25, 0.3) is 5.91 Å². The van der Waals surface area contributed by atoms with Gasteiger partial charge in [-0.1, -0.05) is 35.4 Å². The zero-order chi connectivity index (χ0) is 28.3. The summed E-state index contributed by atoms with van der Waals surface area (Å²) in [6.45, 7) is 0.338. The van der Waals surface area contributed by atoms with Gasteiger partial charge in [0.2, 0.25) is 0 Å². The first-order valence-electron chi connectivity index (χ1n) is 11.6. The molecule has 2 aliphatic rings. The minimum absolute atomic E-state index is 0.00145. The minimum atomic E-state index is -1.42. The van der Waals surface area contributed by atoms with E-state index in [0.29, 0.717) is 35.0 Å². The van der Waals surface area contributed by atoms with Crippen molar-refractivity contribution in [3.8, 4) is 0 Å². The van der Waals surface area contributed by atoms with Gasteiger partial charge in [0.05, 0.1) is 4.99 Å². The van der Waals surface area contributed by atoms with E-state index in [1.165, 1.54) is 28.4 Å². The van der Waals surface area contributed by atoms with E-state index in [-0.39, 0.29) is 28.3 Å². The molecule has 0 radical (unpaired) electrons. The summed E-state index contributed by atoms with van der Waals surface area (Å²) in [6, 6.07) is 6.30. The van der Waals surface area contributed by atoms with Crippen molar-refractivity contribution in [2.24, 2.45) is 0 Å². The molecule has 206 valence electrons. The number of thioether (sulfide) groups is 2. The number of pyridine rings is 2. The number of nitrogens with one attached hydrogen (secondary N) is 1. The first-order chi connectivity index (χ1) is 18.5. The largest absolute Gasteiger partial charge is 0.479 e. The maximum Gasteiger partial charge on any atom is 0.352 e. The van der Waals surface area contributed by atoms with Crippen LogP contribution in [-0.4, -0.2) is 77.1 Å². The van der Waals surface area contributed by atoms with Crippen LogP contribution in [0.3, 0.4) is 0 Å². The lowest BCUT2D eigenvalue weighted by atomic mass is 10.0. The van der Waals surface area contributed by atoms with Gasteiger partial charge in [0.15, 0.2) is 25.0 Å². The third-order valence-corrected chi connectivity index (χ3v) is 9.06. The van der Waals surface area contributed by atoms with Gasteiger partial charge in [-0.15, -0.1) is 23.5 Å². The standard InChI is InChI=1S/C24H22Cl2N4O6S3/c25-16-7-12(8-17(26)27-16)9-18(37)28-19-21(32)30-20(24(35)36)13(11-39-22(19)30)10-38-14-1-4-29(5-2-14)6-3-15(31)23(33)34/h1-2,4-5,7-8,15,19,22,31H,3,6,9-11H2,(H2-,28,33,34,35,36,37)/p+1/t15-,19-,22+/m0/s1. The molecule has 4 heterocycles. The number of aliphatic hydroxyl groups is 1. The molecule has 15 heteroatoms. The number of β-lactam (4-membered cyclic amide) rings is 1. The number of thiocarbonyl (C=S) groups is 1. The highest BCUT2D eigenvalue weighted by Crippen LogP contribution is 2.41. The molecule has 3 atom stereocenters. The molecule has 0 aromatic carbocycles. The van der Waals surface area contributed by atoms with Gasteiger partial charge >= 0.3 is 11.9 Å². The number of nitrogens with zero attached hydrogens (tertiary/aromatic N) is 3. The molecule has 0 spiro atoms. The smallest absolute Gasteiger partial charge is 0.352 e. The highest BCUT2D eigenvalue weighted by atomic mass is 35.5. The van der Waals surface area contributed by atoms with Crippen LogP contribution in [0.25, 0.3) is 0 Å². The van der Waals surface area contributed by atoms with Crippen LogP contribution in [0.15, 0.2) is 52.8 Å². The van der Waals surface area contributed by atoms with Crippen molar-refractivity contribution < 1.29 is 34.3 Å². The third kappa shape index (κ3) is 7.21. The number of fused-ring (bicyclic) bond motifs is 1. The van der Waals surface area contributed by atoms with Crippen molar-refractivity contribution in [2.75, 3.05) is 11.5 Å². The third-order valence-electron chi connectivity index (χ3n) is 5.97. The Bertz CT molecular complexity index is 1320. The molecule has 0 aliphatic carbocycles. The average molecular weight is 631 g/mol. The van der Waals surface area contributed by atoms with E-state index in [4.69, 9.17) is 40.5 Å². The van der Waals surface area contributed by atoms with Gasteiger partial charge in [-0.2, -0.15) is 0 Å². The number of carboxylic acids is 2. The number of hydrogen-bond acceptors (Lipinski definition) is 8. The van der Waals surface area contributed by atoms with E-state index < -0.39 is 29.5 Å². The minimum Gasteiger partial charge on any atom is -0.479 e. The Morgan fingerprint density at radius 1 is 1.26 bits per heavy atom. The van der Waals surface area contributed by atoms with Gasteiger partial charge in [-0.3, -0.25) is 9.69 Å². The van der Waals surface area contributed by atoms with E-state index in [1.54, 1.807) is 29.1 Å². The Morgan fingerprint density at radius 2 is 1.92 bits per heavy atom. The summed E-state index contributed by atoms with van der Waals surface area (Å²) < 4.78 is 1.76. The Kier molecular flexibility index (Phi) is 9.73. The number of aryl methyl sites for hydroxylation is 1. The number of hydrogen-bond donors (Lipinski definition) is 4. The Labute approximate surface area is 247 Å². The number of halogens is 2. The van der Waals surface area contributed by atoms with Crippen LogP contribution in [0.1, 0.15) is 12.0 Å². The number of carboxylic acid groups (broad SMARTS) is 2. The van der Waals surface area contributed by atoms with E-state index in [0.717, 1.165) is 10.5 Å². The van der Waals surface area contributed by atoms with Crippen molar-refractivity contribution in [3.63, 3.8) is 0 Å². The molecule has 39 heavy (non-hydrogen) atoms. The predicted octanol–water partition coefficient (Wildman–Crippen LogP) is 2.39. The number of carbonyl (C=O) groups is 3. The molecule has 4 N–H and O–H groups in total. The molecule has 0 bridgehead atoms. The van der Waals surface area contributed by atoms with Crippen LogP contribution < -0.4 is 9.88 Å². The highest BCUT2D eigenvalue weighted by molar-refractivity contribution is 8.01. The van der Waals surface area contributed by atoms with E-state index in [2.05, 4.69) is 10.3 Å². The van der Waals surface area contributed by atoms with Crippen molar-refractivity contribution in [1.82, 2.24) is 15.2 Å². The van der Waals surface area contributed by atoms with Crippen LogP contribution in [0.2, 0.25) is 10.3 Å². The summed E-state index contributed by atoms with van der Waals surface area (Å²) in [5.41, 5.74) is 1.39. The molecule has 2 aromatic heterocycles. The molecule has 1 fully saturated rings. The Balaban J connectivity index is 1.36. The number of carbonyl (C=O) groups excluding carboxylic acids is 1. The van der Waals surface area contributed by atoms with E-state index in [9.17, 15) is 24.6 Å². The van der Waals surface area contributed by atoms with Crippen LogP contribution in [-0.2, 0) is 27.3 Å². The molecule has 1 saturated heterocycles. The van der Waals surface area contributed by atoms with Gasteiger partial charge in [0.1, 0.15) is 27.4 Å². The summed E-state index contributed by atoms with van der Waals surface area (Å²) in [5, 5.41) is 31.3. The first kappa shape index (κ1) is 29.6. The second-order valence-electron chi connectivity index (χ2n) is 8.71. The van der Waals surface area contributed by atoms with Gasteiger partial charge in [-0.25, -0.2) is 19.1 Å². The molecule has 1 amide bonds. The van der Waals surface area contributed by atoms with Crippen LogP contribution in [0, 0.1) is 0 Å². The maximum absolute atomic E-state index is 13.0. The molecule has 0 unspecified atom stereocenters. The molecule has 0 saturated carbocycles. The van der Waals surface area contributed by atoms with E-state index in [1.807, 2.05) is 12.1 Å². The number of aromatic nitrogens is 2. The maximum atomic E-state index is 13.0. The van der Waals surface area contributed by atoms with Gasteiger partial charge in [-0.05, 0) is 23.3 Å². The van der Waals surface area contributed by atoms with Crippen molar-refractivity contribution in [1.29, 1.82) is 0 Å². The second kappa shape index (κ2) is 12.8. The molecule has 2 aromatic rings. The summed E-state index contributed by atoms with van der Waals surface area (Å²) in [6.07, 6.45) is 2.49. The van der Waals surface area contributed by atoms with Crippen LogP contribution in [0.5, 0.6) is 0 Å². The molecule has 2 aliphatic heterocycles. The van der Waals surface area contributed by atoms with Crippen molar-refractivity contribution in [2.45, 2.75) is 41.8 Å². The topological polar surface area (TPSA) is 144 Å². The summed E-state index contributed by atoms with van der Waals surface area (Å²) in [7, 11) is 0. The lowest BCUT2D eigenvalue weighted by Gasteiger charge is -2.49. The monoisotopic (exact) mass is 629 g/mol. The van der Waals surface area contributed by atoms with Crippen LogP contribution >= 0.6 is 58.9 Å². The zero-order valence-electron chi connectivity index (χ0n) is 20.1. The molecular formula is C24H23Cl2N4O6S3+. The number of aliphatic carboxylic acids is 2. The highest BCUT2D eigenvalue weighted by Gasteiger charge is 2.53. The summed E-state index contributed by atoms with van der Waals surface area (Å²) in [4.78, 5) is 42.4. The summed E-state index contributed by atoms with van der Waals surface area (Å²) in [5.74, 6) is -1.95. The number of aliphatic hydroxyl groups excluding tert-OH is 1. The Morgan fingerprint density at radius 3 is 2.54 bits per heavy atom. The molecule has 10 nitrogen and oxygen atoms in total. The predicted molar refractivity (Wildman–Crippen MR) is 151 cm³/mol. The summed E-state index contributed by atoms with van der Waals surface area (Å²) >= 11 is 20.2. The van der Waals surface area contributed by atoms with Crippen LogP contribution in [0.4, 0.5) is 0 Å². The van der Waals surface area contributed by atoms with Crippen molar-refractivity contribution in [3.05, 3.63) is 63.8 Å². The van der Waals surface area contributed by atoms with Gasteiger partial charge in [0, 0.05) is 41.4 Å². The first-order valence-corrected chi connectivity index (χ1v) is 14.8. The second-order valence-corrected chi connectivity index (χ2v) is 12.1. The normalized spacial score (nSPS) is 19.3. The SMILES string of the molecule is O=C(O)C1=C(CSc2cc[n+](CC[C@H](O)C(=O)O)cc2)CS[C@@H]2[C@@H](NC(=S)Cc3cc(Cl)nc(Cl)c3)C(=O)N12. The molecule has 4 rings (SSSR count). The van der Waals surface area contributed by atoms with Gasteiger partial charge < -0.3 is 20.6 Å². The Hall–Kier alpha value is -2.42. The van der Waals surface area contributed by atoms with Crippen molar-refractivity contribution >= 4 is 81.8 Å². The number of rotatable bonds is 11. The fraction of sp³-hybridized carbons (Fsp3) is 0.333. The lowest BCUT2D eigenvalue weighted by Crippen LogP contribution is -2.70. The average Bonchev–Trinajstić information content (AvgIpc) is 2.88. The zero-order valence-corrected chi connectivity index (χ0v) is 24.1. The quantitative estimate of drug-likeness (QED) is 0.0956. The fourth-order valence-corrected chi connectivity index (χ4v) is 7.24. The lowest BCUT2D eigenvalue weighted by molar-refractivity contribution is -0.698.